The van der Waals surface area contributed by atoms with Gasteiger partial charge in [-0.3, -0.25) is 4.98 Å². The van der Waals surface area contributed by atoms with Crippen molar-refractivity contribution in [2.45, 2.75) is 31.8 Å². The maximum Gasteiger partial charge on any atom is 0.0890 e. The number of hydrogen-bond donors (Lipinski definition) is 1. The summed E-state index contributed by atoms with van der Waals surface area (Å²) in [5.41, 5.74) is 3.06. The average molecular weight is 265 g/mol. The molecule has 3 saturated carbocycles. The molecule has 3 aliphatic carbocycles. The van der Waals surface area contributed by atoms with Gasteiger partial charge in [-0.25, -0.2) is 4.98 Å². The summed E-state index contributed by atoms with van der Waals surface area (Å²) in [5.74, 6) is 4.04. The number of rotatable bonds is 3. The molecule has 3 nitrogen and oxygen atoms in total. The topological polar surface area (TPSA) is 37.8 Å². The van der Waals surface area contributed by atoms with Gasteiger partial charge >= 0.3 is 0 Å². The van der Waals surface area contributed by atoms with Gasteiger partial charge in [0.1, 0.15) is 0 Å². The average Bonchev–Trinajstić information content (AvgIpc) is 2.88. The van der Waals surface area contributed by atoms with E-state index in [0.29, 0.717) is 0 Å². The van der Waals surface area contributed by atoms with E-state index in [1.54, 1.807) is 0 Å². The van der Waals surface area contributed by atoms with Crippen LogP contribution in [0.1, 0.15) is 25.0 Å². The highest BCUT2D eigenvalue weighted by Crippen LogP contribution is 2.65. The largest absolute Gasteiger partial charge is 0.308 e. The molecule has 0 saturated heterocycles. The Balaban J connectivity index is 1.30. The summed E-state index contributed by atoms with van der Waals surface area (Å²) in [6.07, 6.45) is 6.41. The second-order valence-electron chi connectivity index (χ2n) is 6.74. The minimum absolute atomic E-state index is 0.773. The third-order valence-corrected chi connectivity index (χ3v) is 5.75. The van der Waals surface area contributed by atoms with E-state index in [-0.39, 0.29) is 0 Å². The van der Waals surface area contributed by atoms with Gasteiger partial charge in [0, 0.05) is 12.6 Å². The lowest BCUT2D eigenvalue weighted by Gasteiger charge is -2.10. The molecule has 3 heteroatoms. The lowest BCUT2D eigenvalue weighted by molar-refractivity contribution is 0.456. The zero-order chi connectivity index (χ0) is 13.1. The fraction of sp³-hybridized carbons (Fsp3) is 0.529. The van der Waals surface area contributed by atoms with Crippen molar-refractivity contribution in [2.24, 2.45) is 23.7 Å². The molecule has 20 heavy (non-hydrogen) atoms. The molecule has 1 heterocycles. The van der Waals surface area contributed by atoms with Crippen molar-refractivity contribution in [1.82, 2.24) is 15.3 Å². The summed E-state index contributed by atoms with van der Waals surface area (Å²) in [7, 11) is 0. The maximum atomic E-state index is 4.70. The van der Waals surface area contributed by atoms with Crippen LogP contribution in [-0.2, 0) is 6.54 Å². The zero-order valence-electron chi connectivity index (χ0n) is 11.5. The molecule has 1 aromatic carbocycles. The van der Waals surface area contributed by atoms with Crippen LogP contribution >= 0.6 is 0 Å². The van der Waals surface area contributed by atoms with Crippen LogP contribution in [0.15, 0.2) is 30.5 Å². The molecular weight excluding hydrogens is 246 g/mol. The van der Waals surface area contributed by atoms with Crippen molar-refractivity contribution in [3.05, 3.63) is 36.2 Å². The van der Waals surface area contributed by atoms with E-state index < -0.39 is 0 Å². The monoisotopic (exact) mass is 265 g/mol. The molecular formula is C17H19N3. The molecule has 4 unspecified atom stereocenters. The smallest absolute Gasteiger partial charge is 0.0890 e. The number of hydrogen-bond acceptors (Lipinski definition) is 3. The van der Waals surface area contributed by atoms with Gasteiger partial charge in [-0.2, -0.15) is 0 Å². The molecule has 2 bridgehead atoms. The molecule has 0 amide bonds. The Morgan fingerprint density at radius 1 is 1.05 bits per heavy atom. The summed E-state index contributed by atoms with van der Waals surface area (Å²) < 4.78 is 0. The second kappa shape index (κ2) is 4.01. The fourth-order valence-electron chi connectivity index (χ4n) is 4.90. The molecule has 2 aromatic rings. The van der Waals surface area contributed by atoms with E-state index in [1.807, 2.05) is 30.5 Å². The van der Waals surface area contributed by atoms with Crippen LogP contribution in [0.2, 0.25) is 0 Å². The van der Waals surface area contributed by atoms with Gasteiger partial charge in [-0.1, -0.05) is 12.1 Å². The zero-order valence-corrected chi connectivity index (χ0v) is 11.5. The lowest BCUT2D eigenvalue weighted by atomic mass is 10.0. The molecule has 5 rings (SSSR count). The Morgan fingerprint density at radius 3 is 2.60 bits per heavy atom. The minimum atomic E-state index is 0.773. The molecule has 0 aliphatic heterocycles. The first kappa shape index (κ1) is 11.2. The van der Waals surface area contributed by atoms with Gasteiger partial charge in [0.15, 0.2) is 0 Å². The van der Waals surface area contributed by atoms with Crippen LogP contribution < -0.4 is 5.32 Å². The number of para-hydroxylation sites is 2. The van der Waals surface area contributed by atoms with Crippen LogP contribution in [0.5, 0.6) is 0 Å². The van der Waals surface area contributed by atoms with Gasteiger partial charge < -0.3 is 5.32 Å². The van der Waals surface area contributed by atoms with E-state index in [2.05, 4.69) is 10.3 Å². The van der Waals surface area contributed by atoms with Gasteiger partial charge in [0.05, 0.1) is 22.9 Å². The Hall–Kier alpha value is -1.48. The predicted octanol–water partition coefficient (Wildman–Crippen LogP) is 2.76. The standard InChI is InChI=1S/C17H19N3/c1-2-4-14-13(3-1)18-8-12(20-14)9-19-17-15-10-5-6-11(7-10)16(15)17/h1-4,8,10-11,15-17,19H,5-7,9H2. The second-order valence-corrected chi connectivity index (χ2v) is 6.74. The third kappa shape index (κ3) is 1.56. The SMILES string of the molecule is c1ccc2nc(CNC3C4C5CCC(C5)C34)cnc2c1. The Morgan fingerprint density at radius 2 is 1.80 bits per heavy atom. The van der Waals surface area contributed by atoms with Gasteiger partial charge in [0.2, 0.25) is 0 Å². The fourth-order valence-corrected chi connectivity index (χ4v) is 4.90. The Bertz CT molecular complexity index is 652. The quantitative estimate of drug-likeness (QED) is 0.927. The molecule has 1 N–H and O–H groups in total. The van der Waals surface area contributed by atoms with Gasteiger partial charge in [-0.05, 0) is 55.1 Å². The normalized spacial score (nSPS) is 37.3. The summed E-state index contributed by atoms with van der Waals surface area (Å²) in [5, 5.41) is 3.74. The highest BCUT2D eigenvalue weighted by molar-refractivity contribution is 5.73. The van der Waals surface area contributed by atoms with Crippen LogP contribution in [0.3, 0.4) is 0 Å². The van der Waals surface area contributed by atoms with Gasteiger partial charge in [0.25, 0.3) is 0 Å². The first-order valence-electron chi connectivity index (χ1n) is 7.84. The van der Waals surface area contributed by atoms with E-state index in [0.717, 1.165) is 53.0 Å². The molecule has 102 valence electrons. The lowest BCUT2D eigenvalue weighted by Crippen LogP contribution is -2.23. The number of nitrogens with zero attached hydrogens (tertiary/aromatic N) is 2. The summed E-state index contributed by atoms with van der Waals surface area (Å²) in [6, 6.07) is 8.86. The van der Waals surface area contributed by atoms with E-state index >= 15 is 0 Å². The van der Waals surface area contributed by atoms with Crippen molar-refractivity contribution >= 4 is 11.0 Å². The number of fused-ring (bicyclic) bond motifs is 6. The molecule has 0 radical (unpaired) electrons. The first-order valence-corrected chi connectivity index (χ1v) is 7.84. The number of benzene rings is 1. The third-order valence-electron chi connectivity index (χ3n) is 5.75. The van der Waals surface area contributed by atoms with Crippen LogP contribution in [0.25, 0.3) is 11.0 Å². The van der Waals surface area contributed by atoms with Crippen molar-refractivity contribution in [2.75, 3.05) is 0 Å². The maximum absolute atomic E-state index is 4.70. The Kier molecular flexibility index (Phi) is 2.25. The van der Waals surface area contributed by atoms with E-state index in [1.165, 1.54) is 19.3 Å². The minimum Gasteiger partial charge on any atom is -0.308 e. The predicted molar refractivity (Wildman–Crippen MR) is 78.0 cm³/mol. The molecule has 0 spiro atoms. The van der Waals surface area contributed by atoms with E-state index in [4.69, 9.17) is 4.98 Å². The summed E-state index contributed by atoms with van der Waals surface area (Å²) in [6.45, 7) is 0.870. The highest BCUT2D eigenvalue weighted by Gasteiger charge is 2.64. The van der Waals surface area contributed by atoms with Crippen LogP contribution in [0.4, 0.5) is 0 Å². The Labute approximate surface area is 118 Å². The van der Waals surface area contributed by atoms with Crippen molar-refractivity contribution in [1.29, 1.82) is 0 Å². The first-order chi connectivity index (χ1) is 9.90. The summed E-state index contributed by atoms with van der Waals surface area (Å²) in [4.78, 5) is 9.19. The number of nitrogens with one attached hydrogen (secondary N) is 1. The number of aromatic nitrogens is 2. The van der Waals surface area contributed by atoms with Crippen LogP contribution in [0, 0.1) is 23.7 Å². The molecule has 1 aromatic heterocycles. The van der Waals surface area contributed by atoms with Gasteiger partial charge in [-0.15, -0.1) is 0 Å². The van der Waals surface area contributed by atoms with E-state index in [9.17, 15) is 0 Å². The van der Waals surface area contributed by atoms with Crippen molar-refractivity contribution in [3.63, 3.8) is 0 Å². The van der Waals surface area contributed by atoms with Crippen molar-refractivity contribution < 1.29 is 0 Å². The molecule has 4 atom stereocenters. The van der Waals surface area contributed by atoms with Crippen molar-refractivity contribution in [3.8, 4) is 0 Å². The molecule has 3 fully saturated rings. The summed E-state index contributed by atoms with van der Waals surface area (Å²) >= 11 is 0. The highest BCUT2D eigenvalue weighted by atomic mass is 15.0. The van der Waals surface area contributed by atoms with Crippen LogP contribution in [-0.4, -0.2) is 16.0 Å². The molecule has 3 aliphatic rings.